The Hall–Kier alpha value is -3.07. The maximum Gasteiger partial charge on any atom is 0.244 e. The molecule has 5 aromatic carbocycles. The highest BCUT2D eigenvalue weighted by Gasteiger charge is 2.39. The minimum Gasteiger partial charge on any atom is -0.0912 e. The molecule has 48 heavy (non-hydrogen) atoms. The molecule has 0 unspecified atom stereocenters. The lowest BCUT2D eigenvalue weighted by molar-refractivity contribution is 0.795. The van der Waals surface area contributed by atoms with E-state index in [4.69, 9.17) is 0 Å². The van der Waals surface area contributed by atoms with Crippen molar-refractivity contribution < 1.29 is 0 Å². The van der Waals surface area contributed by atoms with Gasteiger partial charge in [0.15, 0.2) is 0 Å². The monoisotopic (exact) mass is 662 g/mol. The fourth-order valence-electron chi connectivity index (χ4n) is 8.61. The lowest BCUT2D eigenvalue weighted by Gasteiger charge is -2.34. The van der Waals surface area contributed by atoms with Gasteiger partial charge in [-0.25, -0.2) is 0 Å². The van der Waals surface area contributed by atoms with Crippen LogP contribution in [0.1, 0.15) is 84.0 Å². The molecule has 7 rings (SSSR count). The standard InChI is InChI=1S/C44H48B2S2/c1-9-11-13-33-15-17-39-35(23-33)45(43-29(5)19-27(3)20-30(43)6)37-25-42-38(26-41(37)47-39)46(44-31(7)21-28(4)22-32(44)8)36-24-34(14-12-10-2)16-18-40(36)48-42/h15-26H,9-14H2,1-8H3. The Balaban J connectivity index is 1.46. The van der Waals surface area contributed by atoms with Gasteiger partial charge in [-0.1, -0.05) is 177 Å². The van der Waals surface area contributed by atoms with Crippen LogP contribution in [0, 0.1) is 41.5 Å². The highest BCUT2D eigenvalue weighted by atomic mass is 32.2. The molecule has 0 bridgehead atoms. The lowest BCUT2D eigenvalue weighted by atomic mass is 9.33. The van der Waals surface area contributed by atoms with E-state index >= 15 is 0 Å². The van der Waals surface area contributed by atoms with E-state index in [0.717, 1.165) is 12.8 Å². The average Bonchev–Trinajstić information content (AvgIpc) is 3.04. The average molecular weight is 663 g/mol. The number of benzene rings is 5. The Bertz CT molecular complexity index is 1850. The molecule has 4 heteroatoms. The molecule has 0 saturated carbocycles. The molecular weight excluding hydrogens is 614 g/mol. The van der Waals surface area contributed by atoms with E-state index in [0.29, 0.717) is 0 Å². The third-order valence-electron chi connectivity index (χ3n) is 10.7. The summed E-state index contributed by atoms with van der Waals surface area (Å²) in [5.41, 5.74) is 20.1. The van der Waals surface area contributed by atoms with Crippen molar-refractivity contribution in [1.82, 2.24) is 0 Å². The quantitative estimate of drug-likeness (QED) is 0.151. The summed E-state index contributed by atoms with van der Waals surface area (Å²) in [6.45, 7) is 18.8. The van der Waals surface area contributed by atoms with E-state index in [-0.39, 0.29) is 13.4 Å². The first-order valence-corrected chi connectivity index (χ1v) is 19.7. The number of fused-ring (bicyclic) bond motifs is 4. The summed E-state index contributed by atoms with van der Waals surface area (Å²) >= 11 is 3.99. The molecule has 0 amide bonds. The maximum absolute atomic E-state index is 2.60. The van der Waals surface area contributed by atoms with E-state index < -0.39 is 0 Å². The summed E-state index contributed by atoms with van der Waals surface area (Å²) in [4.78, 5) is 5.67. The first-order chi connectivity index (χ1) is 23.2. The van der Waals surface area contributed by atoms with Gasteiger partial charge in [0, 0.05) is 19.6 Å². The van der Waals surface area contributed by atoms with Crippen LogP contribution in [0.5, 0.6) is 0 Å². The molecule has 0 nitrogen and oxygen atoms in total. The van der Waals surface area contributed by atoms with Crippen molar-refractivity contribution in [2.75, 3.05) is 0 Å². The van der Waals surface area contributed by atoms with Gasteiger partial charge < -0.3 is 0 Å². The van der Waals surface area contributed by atoms with E-state index in [9.17, 15) is 0 Å². The number of hydrogen-bond acceptors (Lipinski definition) is 2. The Morgan fingerprint density at radius 2 is 0.792 bits per heavy atom. The zero-order valence-electron chi connectivity index (χ0n) is 30.1. The molecule has 0 aliphatic carbocycles. The highest BCUT2D eigenvalue weighted by Crippen LogP contribution is 2.36. The van der Waals surface area contributed by atoms with Gasteiger partial charge in [0.05, 0.1) is 0 Å². The second-order valence-corrected chi connectivity index (χ2v) is 16.7. The molecule has 5 aromatic rings. The van der Waals surface area contributed by atoms with Crippen molar-refractivity contribution in [3.05, 3.63) is 117 Å². The third kappa shape index (κ3) is 6.13. The molecule has 0 N–H and O–H groups in total. The van der Waals surface area contributed by atoms with Crippen LogP contribution in [0.3, 0.4) is 0 Å². The van der Waals surface area contributed by atoms with Crippen molar-refractivity contribution in [3.63, 3.8) is 0 Å². The predicted octanol–water partition coefficient (Wildman–Crippen LogP) is 8.18. The largest absolute Gasteiger partial charge is 0.244 e. The van der Waals surface area contributed by atoms with Crippen LogP contribution in [-0.2, 0) is 12.8 Å². The minimum atomic E-state index is 0.225. The summed E-state index contributed by atoms with van der Waals surface area (Å²) in [6, 6.07) is 29.5. The first-order valence-electron chi connectivity index (χ1n) is 18.1. The molecular formula is C44H48B2S2. The normalized spacial score (nSPS) is 13.2. The minimum absolute atomic E-state index is 0.225. The van der Waals surface area contributed by atoms with Gasteiger partial charge >= 0.3 is 0 Å². The fraction of sp³-hybridized carbons (Fsp3) is 0.318. The van der Waals surface area contributed by atoms with Gasteiger partial charge in [0.25, 0.3) is 0 Å². The van der Waals surface area contributed by atoms with Crippen molar-refractivity contribution in [2.24, 2.45) is 0 Å². The van der Waals surface area contributed by atoms with E-state index in [1.165, 1.54) is 123 Å². The Morgan fingerprint density at radius 1 is 0.438 bits per heavy atom. The van der Waals surface area contributed by atoms with Crippen LogP contribution in [0.25, 0.3) is 0 Å². The molecule has 242 valence electrons. The Labute approximate surface area is 299 Å². The van der Waals surface area contributed by atoms with Gasteiger partial charge in [0.1, 0.15) is 0 Å². The van der Waals surface area contributed by atoms with Crippen LogP contribution in [0.2, 0.25) is 0 Å². The Kier molecular flexibility index (Phi) is 9.53. The number of unbranched alkanes of at least 4 members (excludes halogenated alkanes) is 2. The summed E-state index contributed by atoms with van der Waals surface area (Å²) < 4.78 is 0. The van der Waals surface area contributed by atoms with Gasteiger partial charge in [-0.15, -0.1) is 0 Å². The molecule has 0 fully saturated rings. The molecule has 2 heterocycles. The summed E-state index contributed by atoms with van der Waals surface area (Å²) in [7, 11) is 0. The van der Waals surface area contributed by atoms with Gasteiger partial charge in [-0.2, -0.15) is 0 Å². The van der Waals surface area contributed by atoms with Crippen molar-refractivity contribution >= 4 is 69.7 Å². The summed E-state index contributed by atoms with van der Waals surface area (Å²) in [5.74, 6) is 0. The van der Waals surface area contributed by atoms with Crippen molar-refractivity contribution in [3.8, 4) is 0 Å². The lowest BCUT2D eigenvalue weighted by Crippen LogP contribution is -2.60. The second kappa shape index (κ2) is 13.7. The zero-order valence-corrected chi connectivity index (χ0v) is 31.8. The van der Waals surface area contributed by atoms with E-state index in [1.807, 2.05) is 23.5 Å². The topological polar surface area (TPSA) is 0 Å². The number of aryl methyl sites for hydroxylation is 8. The van der Waals surface area contributed by atoms with Crippen molar-refractivity contribution in [2.45, 2.75) is 113 Å². The van der Waals surface area contributed by atoms with Crippen LogP contribution in [-0.4, -0.2) is 13.4 Å². The van der Waals surface area contributed by atoms with Crippen LogP contribution in [0.15, 0.2) is 92.4 Å². The van der Waals surface area contributed by atoms with Crippen LogP contribution in [0.4, 0.5) is 0 Å². The molecule has 0 atom stereocenters. The third-order valence-corrected chi connectivity index (χ3v) is 13.0. The highest BCUT2D eigenvalue weighted by molar-refractivity contribution is 8.00. The molecule has 2 aliphatic heterocycles. The van der Waals surface area contributed by atoms with Gasteiger partial charge in [-0.05, 0) is 90.5 Å². The molecule has 0 aromatic heterocycles. The van der Waals surface area contributed by atoms with Gasteiger partial charge in [0.2, 0.25) is 13.4 Å². The smallest absolute Gasteiger partial charge is 0.0912 e. The molecule has 0 radical (unpaired) electrons. The van der Waals surface area contributed by atoms with E-state index in [2.05, 4.69) is 128 Å². The summed E-state index contributed by atoms with van der Waals surface area (Å²) in [6.07, 6.45) is 7.21. The fourth-order valence-corrected chi connectivity index (χ4v) is 10.9. The van der Waals surface area contributed by atoms with Gasteiger partial charge in [-0.3, -0.25) is 0 Å². The van der Waals surface area contributed by atoms with E-state index in [1.54, 1.807) is 0 Å². The second-order valence-electron chi connectivity index (χ2n) is 14.6. The predicted molar refractivity (Wildman–Crippen MR) is 215 cm³/mol. The molecule has 0 spiro atoms. The Morgan fingerprint density at radius 3 is 1.15 bits per heavy atom. The molecule has 0 saturated heterocycles. The van der Waals surface area contributed by atoms with Crippen molar-refractivity contribution in [1.29, 1.82) is 0 Å². The maximum atomic E-state index is 2.60. The number of hydrogen-bond donors (Lipinski definition) is 0. The SMILES string of the molecule is CCCCc1ccc2c(c1)B(c1c(C)cc(C)cc1C)c1cc3c(cc1S2)B(c1c(C)cc(C)cc1C)c1cc(CCCC)ccc1S3. The van der Waals surface area contributed by atoms with Crippen LogP contribution >= 0.6 is 23.5 Å². The first kappa shape index (κ1) is 33.4. The summed E-state index contributed by atoms with van der Waals surface area (Å²) in [5, 5.41) is 0. The molecule has 2 aliphatic rings. The number of rotatable bonds is 8. The zero-order chi connectivity index (χ0) is 33.7. The van der Waals surface area contributed by atoms with Crippen LogP contribution < -0.4 is 32.8 Å².